The minimum Gasteiger partial charge on any atom is -0.379 e. The summed E-state index contributed by atoms with van der Waals surface area (Å²) in [6.45, 7) is 5.56. The largest absolute Gasteiger partial charge is 0.379 e. The Bertz CT molecular complexity index is 205. The van der Waals surface area contributed by atoms with Crippen LogP contribution in [0.3, 0.4) is 0 Å². The van der Waals surface area contributed by atoms with E-state index in [1.807, 2.05) is 0 Å². The third-order valence-corrected chi connectivity index (χ3v) is 2.73. The minimum absolute atomic E-state index is 0.225. The third kappa shape index (κ3) is 6.05. The van der Waals surface area contributed by atoms with Crippen molar-refractivity contribution in [3.63, 3.8) is 0 Å². The molecule has 0 bridgehead atoms. The van der Waals surface area contributed by atoms with Gasteiger partial charge in [0, 0.05) is 25.0 Å². The molecule has 1 fully saturated rings. The van der Waals surface area contributed by atoms with Crippen molar-refractivity contribution >= 4 is 5.91 Å². The van der Waals surface area contributed by atoms with Crippen molar-refractivity contribution in [3.05, 3.63) is 0 Å². The van der Waals surface area contributed by atoms with Gasteiger partial charge in [0.25, 0.3) is 0 Å². The highest BCUT2D eigenvalue weighted by molar-refractivity contribution is 5.73. The Morgan fingerprint density at radius 1 is 1.69 bits per heavy atom. The van der Waals surface area contributed by atoms with Crippen LogP contribution >= 0.6 is 0 Å². The zero-order valence-corrected chi connectivity index (χ0v) is 10.00. The molecule has 0 radical (unpaired) electrons. The highest BCUT2D eigenvalue weighted by atomic mass is 16.5. The van der Waals surface area contributed by atoms with Gasteiger partial charge in [-0.25, -0.2) is 0 Å². The van der Waals surface area contributed by atoms with Gasteiger partial charge in [0.2, 0.25) is 5.91 Å². The monoisotopic (exact) mass is 229 g/mol. The van der Waals surface area contributed by atoms with Crippen molar-refractivity contribution in [2.45, 2.75) is 38.3 Å². The molecule has 1 amide bonds. The zero-order chi connectivity index (χ0) is 11.8. The van der Waals surface area contributed by atoms with E-state index in [4.69, 9.17) is 10.5 Å². The second-order valence-corrected chi connectivity index (χ2v) is 4.39. The molecule has 2 unspecified atom stereocenters. The predicted molar refractivity (Wildman–Crippen MR) is 63.1 cm³/mol. The summed E-state index contributed by atoms with van der Waals surface area (Å²) >= 11 is 0. The second kappa shape index (κ2) is 7.60. The standard InChI is InChI=1S/C11H23N3O2/c1-9(13-4-2-3-11(12)15)7-10-8-16-6-5-14-10/h9-10,13-14H,2-8H2,1H3,(H2,12,15). The van der Waals surface area contributed by atoms with Gasteiger partial charge in [0.05, 0.1) is 13.2 Å². The number of nitrogens with one attached hydrogen (secondary N) is 2. The Labute approximate surface area is 97.1 Å². The summed E-state index contributed by atoms with van der Waals surface area (Å²) < 4.78 is 5.39. The first-order valence-corrected chi connectivity index (χ1v) is 6.01. The van der Waals surface area contributed by atoms with Gasteiger partial charge in [0.15, 0.2) is 0 Å². The second-order valence-electron chi connectivity index (χ2n) is 4.39. The van der Waals surface area contributed by atoms with Crippen LogP contribution < -0.4 is 16.4 Å². The van der Waals surface area contributed by atoms with Crippen LogP contribution in [0.15, 0.2) is 0 Å². The maximum atomic E-state index is 10.5. The molecule has 0 spiro atoms. The molecular formula is C11H23N3O2. The maximum Gasteiger partial charge on any atom is 0.217 e. The summed E-state index contributed by atoms with van der Waals surface area (Å²) in [6.07, 6.45) is 2.33. The average molecular weight is 229 g/mol. The lowest BCUT2D eigenvalue weighted by atomic mass is 10.1. The van der Waals surface area contributed by atoms with Gasteiger partial charge in [0.1, 0.15) is 0 Å². The van der Waals surface area contributed by atoms with E-state index in [-0.39, 0.29) is 5.91 Å². The molecule has 1 aliphatic rings. The fraction of sp³-hybridized carbons (Fsp3) is 0.909. The van der Waals surface area contributed by atoms with Gasteiger partial charge in [-0.05, 0) is 26.3 Å². The van der Waals surface area contributed by atoms with Gasteiger partial charge >= 0.3 is 0 Å². The highest BCUT2D eigenvalue weighted by Crippen LogP contribution is 2.02. The number of hydrogen-bond donors (Lipinski definition) is 3. The molecule has 1 rings (SSSR count). The summed E-state index contributed by atoms with van der Waals surface area (Å²) in [5, 5.41) is 6.80. The van der Waals surface area contributed by atoms with Crippen LogP contribution in [0.4, 0.5) is 0 Å². The molecular weight excluding hydrogens is 206 g/mol. The molecule has 1 saturated heterocycles. The van der Waals surface area contributed by atoms with E-state index in [9.17, 15) is 4.79 Å². The summed E-state index contributed by atoms with van der Waals surface area (Å²) in [7, 11) is 0. The molecule has 0 aromatic rings. The number of morpholine rings is 1. The molecule has 1 heterocycles. The zero-order valence-electron chi connectivity index (χ0n) is 10.00. The normalized spacial score (nSPS) is 22.9. The number of carbonyl (C=O) groups excluding carboxylic acids is 1. The van der Waals surface area contributed by atoms with Crippen molar-refractivity contribution < 1.29 is 9.53 Å². The number of primary amides is 1. The van der Waals surface area contributed by atoms with E-state index >= 15 is 0 Å². The number of ether oxygens (including phenoxy) is 1. The molecule has 5 heteroatoms. The molecule has 16 heavy (non-hydrogen) atoms. The molecule has 2 atom stereocenters. The SMILES string of the molecule is CC(CC1COCCN1)NCCCC(N)=O. The van der Waals surface area contributed by atoms with Gasteiger partial charge in [-0.1, -0.05) is 0 Å². The van der Waals surface area contributed by atoms with Gasteiger partial charge in [-0.3, -0.25) is 4.79 Å². The molecule has 0 saturated carbocycles. The van der Waals surface area contributed by atoms with Gasteiger partial charge < -0.3 is 21.1 Å². The van der Waals surface area contributed by atoms with Crippen LogP contribution in [0.1, 0.15) is 26.2 Å². The fourth-order valence-electron chi connectivity index (χ4n) is 1.89. The maximum absolute atomic E-state index is 10.5. The number of amides is 1. The summed E-state index contributed by atoms with van der Waals surface area (Å²) in [5.74, 6) is -0.225. The van der Waals surface area contributed by atoms with Gasteiger partial charge in [-0.2, -0.15) is 0 Å². The van der Waals surface area contributed by atoms with E-state index in [1.54, 1.807) is 0 Å². The summed E-state index contributed by atoms with van der Waals surface area (Å²) in [5.41, 5.74) is 5.07. The predicted octanol–water partition coefficient (Wildman–Crippen LogP) is -0.391. The van der Waals surface area contributed by atoms with E-state index in [2.05, 4.69) is 17.6 Å². The van der Waals surface area contributed by atoms with Crippen LogP contribution in [0.5, 0.6) is 0 Å². The quantitative estimate of drug-likeness (QED) is 0.520. The number of hydrogen-bond acceptors (Lipinski definition) is 4. The van der Waals surface area contributed by atoms with Crippen LogP contribution in [0, 0.1) is 0 Å². The molecule has 0 aromatic carbocycles. The average Bonchev–Trinajstić information content (AvgIpc) is 2.25. The highest BCUT2D eigenvalue weighted by Gasteiger charge is 2.15. The van der Waals surface area contributed by atoms with Crippen molar-refractivity contribution in [3.8, 4) is 0 Å². The van der Waals surface area contributed by atoms with E-state index in [0.29, 0.717) is 18.5 Å². The molecule has 4 N–H and O–H groups in total. The Balaban J connectivity index is 2.01. The van der Waals surface area contributed by atoms with E-state index in [1.165, 1.54) is 0 Å². The molecule has 94 valence electrons. The summed E-state index contributed by atoms with van der Waals surface area (Å²) in [4.78, 5) is 10.5. The Morgan fingerprint density at radius 2 is 2.50 bits per heavy atom. The van der Waals surface area contributed by atoms with Crippen molar-refractivity contribution in [1.29, 1.82) is 0 Å². The van der Waals surface area contributed by atoms with Crippen LogP contribution in [0.25, 0.3) is 0 Å². The lowest BCUT2D eigenvalue weighted by molar-refractivity contribution is -0.118. The van der Waals surface area contributed by atoms with Crippen LogP contribution in [-0.2, 0) is 9.53 Å². The number of rotatable bonds is 7. The van der Waals surface area contributed by atoms with Crippen molar-refractivity contribution in [1.82, 2.24) is 10.6 Å². The molecule has 0 aliphatic carbocycles. The van der Waals surface area contributed by atoms with Crippen molar-refractivity contribution in [2.24, 2.45) is 5.73 Å². The minimum atomic E-state index is -0.225. The first-order valence-electron chi connectivity index (χ1n) is 6.01. The Hall–Kier alpha value is -0.650. The first-order chi connectivity index (χ1) is 7.68. The number of carbonyl (C=O) groups is 1. The summed E-state index contributed by atoms with van der Waals surface area (Å²) in [6, 6.07) is 0.888. The smallest absolute Gasteiger partial charge is 0.217 e. The first kappa shape index (κ1) is 13.4. The van der Waals surface area contributed by atoms with E-state index in [0.717, 1.165) is 39.1 Å². The third-order valence-electron chi connectivity index (χ3n) is 2.73. The molecule has 5 nitrogen and oxygen atoms in total. The van der Waals surface area contributed by atoms with Crippen molar-refractivity contribution in [2.75, 3.05) is 26.3 Å². The Morgan fingerprint density at radius 3 is 3.12 bits per heavy atom. The fourth-order valence-corrected chi connectivity index (χ4v) is 1.89. The van der Waals surface area contributed by atoms with E-state index < -0.39 is 0 Å². The topological polar surface area (TPSA) is 76.4 Å². The Kier molecular flexibility index (Phi) is 6.37. The number of nitrogens with two attached hydrogens (primary N) is 1. The molecule has 1 aliphatic heterocycles. The van der Waals surface area contributed by atoms with Crippen LogP contribution in [0.2, 0.25) is 0 Å². The lowest BCUT2D eigenvalue weighted by Gasteiger charge is -2.26. The lowest BCUT2D eigenvalue weighted by Crippen LogP contribution is -2.45. The van der Waals surface area contributed by atoms with Crippen LogP contribution in [-0.4, -0.2) is 44.3 Å². The van der Waals surface area contributed by atoms with Gasteiger partial charge in [-0.15, -0.1) is 0 Å². The molecule has 0 aromatic heterocycles.